The minimum atomic E-state index is -1.51. The van der Waals surface area contributed by atoms with Crippen LogP contribution in [0.25, 0.3) is 5.65 Å². The van der Waals surface area contributed by atoms with E-state index in [0.29, 0.717) is 17.5 Å². The molecule has 5 heterocycles. The molecule has 0 unspecified atom stereocenters. The van der Waals surface area contributed by atoms with E-state index in [-0.39, 0.29) is 12.1 Å². The van der Waals surface area contributed by atoms with Crippen LogP contribution in [0.4, 0.5) is 26.6 Å². The molecule has 8 rings (SSSR count). The largest absolute Gasteiger partial charge is 0.441 e. The number of aromatic nitrogens is 5. The van der Waals surface area contributed by atoms with Gasteiger partial charge in [0.25, 0.3) is 0 Å². The molecule has 3 aromatic heterocycles. The highest BCUT2D eigenvalue weighted by molar-refractivity contribution is 5.71. The van der Waals surface area contributed by atoms with Gasteiger partial charge < -0.3 is 30.3 Å². The maximum Gasteiger partial charge on any atom is 0.408 e. The van der Waals surface area contributed by atoms with Crippen molar-refractivity contribution in [2.75, 3.05) is 43.0 Å². The van der Waals surface area contributed by atoms with Crippen molar-refractivity contribution in [3.05, 3.63) is 30.4 Å². The van der Waals surface area contributed by atoms with Crippen LogP contribution in [0.15, 0.2) is 24.7 Å². The van der Waals surface area contributed by atoms with Gasteiger partial charge in [-0.15, -0.1) is 0 Å². The lowest BCUT2D eigenvalue weighted by Crippen LogP contribution is -2.68. The first kappa shape index (κ1) is 21.8. The number of rotatable bonds is 6. The second-order valence-corrected chi connectivity index (χ2v) is 10.2. The Morgan fingerprint density at radius 3 is 2.86 bits per heavy atom. The molecule has 13 heteroatoms. The Hall–Kier alpha value is -3.45. The van der Waals surface area contributed by atoms with Crippen molar-refractivity contribution in [2.45, 2.75) is 43.2 Å². The zero-order chi connectivity index (χ0) is 24.3. The van der Waals surface area contributed by atoms with Gasteiger partial charge in [0.05, 0.1) is 24.2 Å². The summed E-state index contributed by atoms with van der Waals surface area (Å²) in [6, 6.07) is 1.68. The van der Waals surface area contributed by atoms with Crippen LogP contribution in [-0.4, -0.2) is 81.3 Å². The van der Waals surface area contributed by atoms with Gasteiger partial charge in [-0.1, -0.05) is 0 Å². The number of carbonyl (C=O) groups excluding carboxylic acids is 1. The molecule has 0 aromatic carbocycles. The third-order valence-corrected chi connectivity index (χ3v) is 7.76. The zero-order valence-electron chi connectivity index (χ0n) is 19.6. The van der Waals surface area contributed by atoms with Crippen LogP contribution in [0.3, 0.4) is 0 Å². The molecule has 4 N–H and O–H groups in total. The second-order valence-electron chi connectivity index (χ2n) is 10.2. The first-order valence-electron chi connectivity index (χ1n) is 12.4. The van der Waals surface area contributed by atoms with Gasteiger partial charge in [-0.2, -0.15) is 5.10 Å². The molecule has 5 aliphatic rings. The van der Waals surface area contributed by atoms with Gasteiger partial charge in [0.2, 0.25) is 5.95 Å². The number of ether oxygens (including phenoxy) is 2. The number of hydrogen-bond acceptors (Lipinski definition) is 9. The molecular weight excluding hydrogens is 469 g/mol. The van der Waals surface area contributed by atoms with Crippen LogP contribution in [-0.2, 0) is 9.47 Å². The number of nitrogens with zero attached hydrogens (tertiary/aromatic N) is 5. The monoisotopic (exact) mass is 497 g/mol. The van der Waals surface area contributed by atoms with Crippen LogP contribution in [0.2, 0.25) is 0 Å². The number of carbonyl (C=O) groups is 1. The van der Waals surface area contributed by atoms with Crippen molar-refractivity contribution in [3.63, 3.8) is 0 Å². The lowest BCUT2D eigenvalue weighted by atomic mass is 9.50. The quantitative estimate of drug-likeness (QED) is 0.401. The molecule has 1 amide bonds. The molecule has 2 bridgehead atoms. The first-order valence-corrected chi connectivity index (χ1v) is 12.4. The molecule has 3 aromatic rings. The van der Waals surface area contributed by atoms with Crippen molar-refractivity contribution in [1.29, 1.82) is 0 Å². The summed E-state index contributed by atoms with van der Waals surface area (Å²) in [6.07, 6.45) is 4.40. The molecule has 3 atom stereocenters. The van der Waals surface area contributed by atoms with E-state index >= 15 is 4.39 Å². The highest BCUT2D eigenvalue weighted by Crippen LogP contribution is 2.57. The summed E-state index contributed by atoms with van der Waals surface area (Å²) in [5, 5.41) is 16.5. The molecule has 12 nitrogen and oxygen atoms in total. The standard InChI is InChI=1S/C23H28FN9O3/c24-18-16(36-22(34)29-23-8-13(9-23)10-23)12-35-19(18)14-7-17(31-30-14)28-21-27-11-15(20-26-3-6-33(20)21)32-4-1-25-2-5-32/h3,6-7,11,13,16,18-19,25H,1-2,4-5,8-10,12H2,(H,29,34)(H2,27,28,30,31)/t13?,16-,18-,19-,23?/m0/s1. The highest BCUT2D eigenvalue weighted by atomic mass is 19.1. The maximum atomic E-state index is 15.1. The molecule has 190 valence electrons. The van der Waals surface area contributed by atoms with E-state index in [9.17, 15) is 4.79 Å². The number of amides is 1. The lowest BCUT2D eigenvalue weighted by molar-refractivity contribution is -0.0528. The maximum absolute atomic E-state index is 15.1. The Morgan fingerprint density at radius 2 is 2.08 bits per heavy atom. The van der Waals surface area contributed by atoms with Crippen LogP contribution in [0.5, 0.6) is 0 Å². The summed E-state index contributed by atoms with van der Waals surface area (Å²) < 4.78 is 28.0. The van der Waals surface area contributed by atoms with Crippen LogP contribution in [0, 0.1) is 5.92 Å². The highest BCUT2D eigenvalue weighted by Gasteiger charge is 2.58. The summed E-state index contributed by atoms with van der Waals surface area (Å²) in [5.74, 6) is 1.73. The minimum Gasteiger partial charge on any atom is -0.441 e. The fourth-order valence-corrected chi connectivity index (χ4v) is 5.74. The van der Waals surface area contributed by atoms with Gasteiger partial charge in [0.1, 0.15) is 6.10 Å². The number of H-pyrrole nitrogens is 1. The number of alkyl carbamates (subject to hydrolysis) is 1. The number of alkyl halides is 1. The number of nitrogens with one attached hydrogen (secondary N) is 4. The average Bonchev–Trinajstić information content (AvgIpc) is 3.58. The molecule has 36 heavy (non-hydrogen) atoms. The van der Waals surface area contributed by atoms with Crippen molar-refractivity contribution in [1.82, 2.24) is 35.2 Å². The van der Waals surface area contributed by atoms with E-state index in [0.717, 1.165) is 62.7 Å². The predicted molar refractivity (Wildman–Crippen MR) is 127 cm³/mol. The third-order valence-electron chi connectivity index (χ3n) is 7.76. The zero-order valence-corrected chi connectivity index (χ0v) is 19.6. The number of fused-ring (bicyclic) bond motifs is 1. The number of imidazole rings is 1. The summed E-state index contributed by atoms with van der Waals surface area (Å²) in [4.78, 5) is 23.6. The predicted octanol–water partition coefficient (Wildman–Crippen LogP) is 1.66. The Bertz CT molecular complexity index is 1270. The number of piperazine rings is 1. The van der Waals surface area contributed by atoms with Crippen LogP contribution >= 0.6 is 0 Å². The van der Waals surface area contributed by atoms with Gasteiger partial charge in [-0.3, -0.25) is 9.50 Å². The summed E-state index contributed by atoms with van der Waals surface area (Å²) in [5.41, 5.74) is 2.10. The Morgan fingerprint density at radius 1 is 1.25 bits per heavy atom. The van der Waals surface area contributed by atoms with E-state index in [1.807, 2.05) is 10.6 Å². The van der Waals surface area contributed by atoms with Crippen molar-refractivity contribution in [3.8, 4) is 0 Å². The van der Waals surface area contributed by atoms with Crippen LogP contribution in [0.1, 0.15) is 31.1 Å². The lowest BCUT2D eigenvalue weighted by Gasteiger charge is -2.61. The molecule has 0 radical (unpaired) electrons. The van der Waals surface area contributed by atoms with Crippen molar-refractivity contribution in [2.24, 2.45) is 5.92 Å². The summed E-state index contributed by atoms with van der Waals surface area (Å²) in [6.45, 7) is 3.60. The Balaban J connectivity index is 1.02. The number of anilines is 3. The van der Waals surface area contributed by atoms with Crippen molar-refractivity contribution < 1.29 is 18.7 Å². The average molecular weight is 498 g/mol. The molecule has 3 aliphatic carbocycles. The van der Waals surface area contributed by atoms with Crippen LogP contribution < -0.4 is 20.9 Å². The molecule has 2 saturated heterocycles. The molecular formula is C23H28FN9O3. The van der Waals surface area contributed by atoms with E-state index in [1.165, 1.54) is 0 Å². The van der Waals surface area contributed by atoms with Gasteiger partial charge in [-0.25, -0.2) is 19.2 Å². The van der Waals surface area contributed by atoms with Gasteiger partial charge in [0, 0.05) is 50.2 Å². The normalized spacial score (nSPS) is 31.1. The number of halogens is 1. The Kier molecular flexibility index (Phi) is 5.03. The van der Waals surface area contributed by atoms with E-state index in [2.05, 4.69) is 41.0 Å². The van der Waals surface area contributed by atoms with Gasteiger partial charge in [-0.05, 0) is 25.2 Å². The molecule has 0 spiro atoms. The third kappa shape index (κ3) is 3.64. The molecule has 3 saturated carbocycles. The summed E-state index contributed by atoms with van der Waals surface area (Å²) in [7, 11) is 0. The second kappa shape index (κ2) is 8.30. The first-order chi connectivity index (χ1) is 17.6. The van der Waals surface area contributed by atoms with E-state index in [1.54, 1.807) is 18.5 Å². The number of aromatic amines is 1. The number of hydrogen-bond donors (Lipinski definition) is 4. The smallest absolute Gasteiger partial charge is 0.408 e. The van der Waals surface area contributed by atoms with E-state index < -0.39 is 24.5 Å². The van der Waals surface area contributed by atoms with Crippen molar-refractivity contribution >= 4 is 29.2 Å². The fraction of sp³-hybridized carbons (Fsp3) is 0.565. The minimum absolute atomic E-state index is 0.0125. The fourth-order valence-electron chi connectivity index (χ4n) is 5.74. The Labute approximate surface area is 205 Å². The topological polar surface area (TPSA) is 134 Å². The van der Waals surface area contributed by atoms with Gasteiger partial charge in [0.15, 0.2) is 23.7 Å². The van der Waals surface area contributed by atoms with Gasteiger partial charge >= 0.3 is 6.09 Å². The SMILES string of the molecule is O=C(NC12CC(C1)C2)O[C@H]1CO[C@@H](c2cc(Nc3ncc(N4CCNCC4)c4nccn34)n[nH]2)[C@H]1F. The van der Waals surface area contributed by atoms with E-state index in [4.69, 9.17) is 9.47 Å². The molecule has 5 fully saturated rings. The molecule has 2 aliphatic heterocycles. The summed E-state index contributed by atoms with van der Waals surface area (Å²) >= 11 is 0.